The number of aromatic hydroxyl groups is 1. The van der Waals surface area contributed by atoms with Gasteiger partial charge in [-0.3, -0.25) is 0 Å². The van der Waals surface area contributed by atoms with Crippen molar-refractivity contribution in [3.63, 3.8) is 0 Å². The van der Waals surface area contributed by atoms with Crippen LogP contribution in [0, 0.1) is 0 Å². The molecular weight excluding hydrogens is 278 g/mol. The molecule has 0 heterocycles. The topological polar surface area (TPSA) is 133 Å². The summed E-state index contributed by atoms with van der Waals surface area (Å²) in [6.07, 6.45) is -5.44. The third-order valence-corrected chi connectivity index (χ3v) is 3.24. The molecule has 0 fully saturated rings. The van der Waals surface area contributed by atoms with Gasteiger partial charge >= 0.3 is 0 Å². The Morgan fingerprint density at radius 2 is 1.57 bits per heavy atom. The highest BCUT2D eigenvalue weighted by Gasteiger charge is 2.29. The SMILES string of the molecule is OC[C@@H](O)[C@@H](O)[C@H](O)[C@@H](O)CNCCc1ccccc1O. The van der Waals surface area contributed by atoms with E-state index in [1.165, 1.54) is 0 Å². The first-order valence-corrected chi connectivity index (χ1v) is 6.78. The van der Waals surface area contributed by atoms with Gasteiger partial charge in [0.25, 0.3) is 0 Å². The van der Waals surface area contributed by atoms with Crippen LogP contribution >= 0.6 is 0 Å². The molecule has 0 amide bonds. The van der Waals surface area contributed by atoms with Crippen molar-refractivity contribution < 1.29 is 30.6 Å². The number of hydrogen-bond donors (Lipinski definition) is 7. The molecule has 0 saturated heterocycles. The van der Waals surface area contributed by atoms with Crippen molar-refractivity contribution >= 4 is 0 Å². The van der Waals surface area contributed by atoms with Crippen LogP contribution in [0.2, 0.25) is 0 Å². The summed E-state index contributed by atoms with van der Waals surface area (Å²) in [5, 5.41) is 59.0. The summed E-state index contributed by atoms with van der Waals surface area (Å²) < 4.78 is 0. The molecule has 1 aromatic carbocycles. The van der Waals surface area contributed by atoms with Crippen molar-refractivity contribution in [2.24, 2.45) is 0 Å². The summed E-state index contributed by atoms with van der Waals surface area (Å²) in [5.74, 6) is 0.196. The van der Waals surface area contributed by atoms with E-state index < -0.39 is 31.0 Å². The lowest BCUT2D eigenvalue weighted by Gasteiger charge is -2.25. The standard InChI is InChI=1S/C14H23NO6/c16-8-12(19)14(21)13(20)11(18)7-15-6-5-9-3-1-2-4-10(9)17/h1-4,11-21H,5-8H2/t11-,12+,13+,14+/m0/s1. The number of nitrogens with one attached hydrogen (secondary N) is 1. The Hall–Kier alpha value is -1.22. The van der Waals surface area contributed by atoms with Gasteiger partial charge in [-0.1, -0.05) is 18.2 Å². The van der Waals surface area contributed by atoms with Gasteiger partial charge < -0.3 is 36.0 Å². The summed E-state index contributed by atoms with van der Waals surface area (Å²) >= 11 is 0. The summed E-state index contributed by atoms with van der Waals surface area (Å²) in [4.78, 5) is 0. The van der Waals surface area contributed by atoms with E-state index in [1.807, 2.05) is 0 Å². The van der Waals surface area contributed by atoms with E-state index in [9.17, 15) is 25.5 Å². The van der Waals surface area contributed by atoms with Gasteiger partial charge in [-0.15, -0.1) is 0 Å². The number of phenols is 1. The van der Waals surface area contributed by atoms with Crippen LogP contribution in [0.5, 0.6) is 5.75 Å². The molecule has 1 aromatic rings. The maximum absolute atomic E-state index is 9.67. The fourth-order valence-electron chi connectivity index (χ4n) is 1.88. The largest absolute Gasteiger partial charge is 0.508 e. The van der Waals surface area contributed by atoms with E-state index in [0.29, 0.717) is 13.0 Å². The lowest BCUT2D eigenvalue weighted by atomic mass is 10.0. The monoisotopic (exact) mass is 301 g/mol. The molecule has 0 bridgehead atoms. The quantitative estimate of drug-likeness (QED) is 0.261. The molecule has 1 rings (SSSR count). The van der Waals surface area contributed by atoms with Crippen LogP contribution in [-0.4, -0.2) is 74.8 Å². The summed E-state index contributed by atoms with van der Waals surface area (Å²) in [5.41, 5.74) is 0.760. The van der Waals surface area contributed by atoms with Crippen molar-refractivity contribution in [1.29, 1.82) is 0 Å². The second kappa shape index (κ2) is 8.93. The Labute approximate surface area is 123 Å². The predicted octanol–water partition coefficient (Wildman–Crippen LogP) is -2.04. The molecule has 7 nitrogen and oxygen atoms in total. The van der Waals surface area contributed by atoms with E-state index in [4.69, 9.17) is 5.11 Å². The molecular formula is C14H23NO6. The number of aliphatic hydroxyl groups is 5. The molecule has 0 aromatic heterocycles. The van der Waals surface area contributed by atoms with Crippen molar-refractivity contribution in [3.8, 4) is 5.75 Å². The minimum absolute atomic E-state index is 0.00394. The first kappa shape index (κ1) is 17.8. The highest BCUT2D eigenvalue weighted by molar-refractivity contribution is 5.31. The molecule has 7 N–H and O–H groups in total. The van der Waals surface area contributed by atoms with E-state index in [-0.39, 0.29) is 12.3 Å². The van der Waals surface area contributed by atoms with Crippen LogP contribution in [0.1, 0.15) is 5.56 Å². The minimum Gasteiger partial charge on any atom is -0.508 e. The van der Waals surface area contributed by atoms with Crippen molar-refractivity contribution in [2.75, 3.05) is 19.7 Å². The average molecular weight is 301 g/mol. The third kappa shape index (κ3) is 5.58. The number of para-hydroxylation sites is 1. The number of rotatable bonds is 9. The zero-order valence-corrected chi connectivity index (χ0v) is 11.6. The van der Waals surface area contributed by atoms with Gasteiger partial charge in [-0.25, -0.2) is 0 Å². The van der Waals surface area contributed by atoms with Crippen molar-refractivity contribution in [3.05, 3.63) is 29.8 Å². The van der Waals surface area contributed by atoms with Gasteiger partial charge in [0.05, 0.1) is 12.7 Å². The van der Waals surface area contributed by atoms with Crippen molar-refractivity contribution in [2.45, 2.75) is 30.8 Å². The van der Waals surface area contributed by atoms with Gasteiger partial charge in [-0.2, -0.15) is 0 Å². The van der Waals surface area contributed by atoms with E-state index in [0.717, 1.165) is 5.56 Å². The van der Waals surface area contributed by atoms with E-state index in [2.05, 4.69) is 5.32 Å². The first-order chi connectivity index (χ1) is 9.97. The molecule has 0 radical (unpaired) electrons. The first-order valence-electron chi connectivity index (χ1n) is 6.78. The lowest BCUT2D eigenvalue weighted by Crippen LogP contribution is -2.49. The summed E-state index contributed by atoms with van der Waals surface area (Å²) in [7, 11) is 0. The normalized spacial score (nSPS) is 17.2. The van der Waals surface area contributed by atoms with Gasteiger partial charge in [-0.05, 0) is 24.6 Å². The van der Waals surface area contributed by atoms with Crippen LogP contribution in [-0.2, 0) is 6.42 Å². The lowest BCUT2D eigenvalue weighted by molar-refractivity contribution is -0.113. The van der Waals surface area contributed by atoms with Crippen LogP contribution in [0.4, 0.5) is 0 Å². The number of phenolic OH excluding ortho intramolecular Hbond substituents is 1. The fourth-order valence-corrected chi connectivity index (χ4v) is 1.88. The average Bonchev–Trinajstić information content (AvgIpc) is 2.50. The van der Waals surface area contributed by atoms with Gasteiger partial charge in [0, 0.05) is 6.54 Å². The summed E-state index contributed by atoms with van der Waals surface area (Å²) in [6, 6.07) is 6.89. The van der Waals surface area contributed by atoms with E-state index >= 15 is 0 Å². The smallest absolute Gasteiger partial charge is 0.118 e. The number of benzene rings is 1. The maximum atomic E-state index is 9.67. The molecule has 0 saturated carbocycles. The highest BCUT2D eigenvalue weighted by atomic mass is 16.4. The zero-order chi connectivity index (χ0) is 15.8. The van der Waals surface area contributed by atoms with Crippen LogP contribution in [0.25, 0.3) is 0 Å². The van der Waals surface area contributed by atoms with Crippen LogP contribution in [0.15, 0.2) is 24.3 Å². The highest BCUT2D eigenvalue weighted by Crippen LogP contribution is 2.15. The van der Waals surface area contributed by atoms with Crippen LogP contribution in [0.3, 0.4) is 0 Å². The fraction of sp³-hybridized carbons (Fsp3) is 0.571. The molecule has 0 aliphatic rings. The molecule has 4 atom stereocenters. The molecule has 0 aliphatic carbocycles. The molecule has 7 heteroatoms. The number of aliphatic hydroxyl groups excluding tert-OH is 5. The summed E-state index contributed by atoms with van der Waals surface area (Å²) in [6.45, 7) is -0.240. The Morgan fingerprint density at radius 3 is 2.19 bits per heavy atom. The van der Waals surface area contributed by atoms with Gasteiger partial charge in [0.15, 0.2) is 0 Å². The Kier molecular flexibility index (Phi) is 7.58. The molecule has 0 spiro atoms. The molecule has 21 heavy (non-hydrogen) atoms. The zero-order valence-electron chi connectivity index (χ0n) is 11.6. The second-order valence-corrected chi connectivity index (χ2v) is 4.88. The van der Waals surface area contributed by atoms with Crippen molar-refractivity contribution in [1.82, 2.24) is 5.32 Å². The Balaban J connectivity index is 2.30. The maximum Gasteiger partial charge on any atom is 0.118 e. The molecule has 120 valence electrons. The minimum atomic E-state index is -1.62. The molecule has 0 unspecified atom stereocenters. The van der Waals surface area contributed by atoms with Gasteiger partial charge in [0.1, 0.15) is 24.1 Å². The third-order valence-electron chi connectivity index (χ3n) is 3.24. The second-order valence-electron chi connectivity index (χ2n) is 4.88. The Bertz CT molecular complexity index is 416. The number of hydrogen-bond acceptors (Lipinski definition) is 7. The van der Waals surface area contributed by atoms with E-state index in [1.54, 1.807) is 24.3 Å². The van der Waals surface area contributed by atoms with Crippen LogP contribution < -0.4 is 5.32 Å². The molecule has 0 aliphatic heterocycles. The Morgan fingerprint density at radius 1 is 0.952 bits per heavy atom. The predicted molar refractivity (Wildman–Crippen MR) is 75.8 cm³/mol. The van der Waals surface area contributed by atoms with Gasteiger partial charge in [0.2, 0.25) is 0 Å².